The summed E-state index contributed by atoms with van der Waals surface area (Å²) in [4.78, 5) is 16.5. The van der Waals surface area contributed by atoms with Crippen LogP contribution in [0, 0.1) is 0 Å². The van der Waals surface area contributed by atoms with Gasteiger partial charge < -0.3 is 9.64 Å². The number of esters is 1. The Balaban J connectivity index is 1.42. The lowest BCUT2D eigenvalue weighted by Gasteiger charge is -2.40. The minimum Gasteiger partial charge on any atom is -0.469 e. The summed E-state index contributed by atoms with van der Waals surface area (Å²) >= 11 is 0. The summed E-state index contributed by atoms with van der Waals surface area (Å²) in [7, 11) is 1.46. The number of benzene rings is 2. The van der Waals surface area contributed by atoms with E-state index >= 15 is 0 Å². The van der Waals surface area contributed by atoms with Crippen molar-refractivity contribution >= 4 is 5.97 Å². The van der Waals surface area contributed by atoms with Gasteiger partial charge in [0.1, 0.15) is 0 Å². The number of piperazine rings is 1. The summed E-state index contributed by atoms with van der Waals surface area (Å²) in [5, 5.41) is 0. The quantitative estimate of drug-likeness (QED) is 0.552. The molecular weight excluding hydrogens is 360 g/mol. The fraction of sp³-hybridized carbons (Fsp3) is 0.480. The number of methoxy groups -OCH3 is 1. The summed E-state index contributed by atoms with van der Waals surface area (Å²) in [5.41, 5.74) is 5.98. The molecule has 29 heavy (non-hydrogen) atoms. The third-order valence-electron chi connectivity index (χ3n) is 6.47. The summed E-state index contributed by atoms with van der Waals surface area (Å²) < 4.78 is 4.73. The first kappa shape index (κ1) is 20.1. The van der Waals surface area contributed by atoms with E-state index in [2.05, 4.69) is 58.3 Å². The molecule has 0 radical (unpaired) electrons. The van der Waals surface area contributed by atoms with E-state index in [0.29, 0.717) is 12.5 Å². The number of ether oxygens (including phenoxy) is 1. The molecule has 0 unspecified atom stereocenters. The molecule has 0 spiro atoms. The predicted molar refractivity (Wildman–Crippen MR) is 116 cm³/mol. The Morgan fingerprint density at radius 2 is 1.48 bits per heavy atom. The number of aryl methyl sites for hydroxylation is 2. The van der Waals surface area contributed by atoms with Crippen molar-refractivity contribution in [2.75, 3.05) is 39.8 Å². The average molecular weight is 393 g/mol. The van der Waals surface area contributed by atoms with Crippen LogP contribution in [0.25, 0.3) is 0 Å². The topological polar surface area (TPSA) is 32.8 Å². The zero-order valence-electron chi connectivity index (χ0n) is 17.5. The minimum atomic E-state index is -0.0967. The number of fused-ring (bicyclic) bond motifs is 2. The van der Waals surface area contributed by atoms with Crippen molar-refractivity contribution < 1.29 is 9.53 Å². The van der Waals surface area contributed by atoms with E-state index in [1.165, 1.54) is 29.4 Å². The van der Waals surface area contributed by atoms with Crippen molar-refractivity contribution in [2.24, 2.45) is 0 Å². The molecule has 2 aromatic carbocycles. The molecule has 1 aliphatic carbocycles. The van der Waals surface area contributed by atoms with Gasteiger partial charge >= 0.3 is 5.97 Å². The van der Waals surface area contributed by atoms with Gasteiger partial charge in [0, 0.05) is 32.6 Å². The number of nitrogens with zero attached hydrogens (tertiary/aromatic N) is 2. The van der Waals surface area contributed by atoms with Crippen LogP contribution < -0.4 is 0 Å². The third kappa shape index (κ3) is 4.71. The highest BCUT2D eigenvalue weighted by Gasteiger charge is 2.30. The van der Waals surface area contributed by atoms with Crippen molar-refractivity contribution in [3.8, 4) is 0 Å². The number of hydrogen-bond donors (Lipinski definition) is 0. The molecule has 0 aromatic heterocycles. The Kier molecular flexibility index (Phi) is 6.63. The Morgan fingerprint density at radius 3 is 2.07 bits per heavy atom. The maximum Gasteiger partial charge on any atom is 0.305 e. The summed E-state index contributed by atoms with van der Waals surface area (Å²) in [5.74, 6) is -0.0967. The first-order valence-corrected chi connectivity index (χ1v) is 10.9. The number of carbonyl (C=O) groups is 1. The van der Waals surface area contributed by atoms with Gasteiger partial charge in [0.15, 0.2) is 0 Å². The summed E-state index contributed by atoms with van der Waals surface area (Å²) in [6.45, 7) is 5.44. The van der Waals surface area contributed by atoms with E-state index < -0.39 is 0 Å². The minimum absolute atomic E-state index is 0.0967. The molecule has 1 fully saturated rings. The van der Waals surface area contributed by atoms with Crippen molar-refractivity contribution in [2.45, 2.75) is 38.1 Å². The Morgan fingerprint density at radius 1 is 0.897 bits per heavy atom. The second kappa shape index (κ2) is 9.55. The third-order valence-corrected chi connectivity index (χ3v) is 6.47. The predicted octanol–water partition coefficient (Wildman–Crippen LogP) is 3.84. The van der Waals surface area contributed by atoms with Crippen molar-refractivity contribution in [1.82, 2.24) is 9.80 Å². The van der Waals surface area contributed by atoms with E-state index in [9.17, 15) is 4.79 Å². The molecule has 1 aliphatic heterocycles. The van der Waals surface area contributed by atoms with E-state index in [1.807, 2.05) is 0 Å². The monoisotopic (exact) mass is 392 g/mol. The fourth-order valence-corrected chi connectivity index (χ4v) is 4.84. The van der Waals surface area contributed by atoms with Gasteiger partial charge in [-0.05, 0) is 54.5 Å². The SMILES string of the molecule is COC(=O)CCCCN1CCN(C2c3ccccc3CCc3ccccc32)CC1. The van der Waals surface area contributed by atoms with E-state index in [1.54, 1.807) is 0 Å². The van der Waals surface area contributed by atoms with Gasteiger partial charge in [-0.3, -0.25) is 9.69 Å². The Labute approximate surface area is 174 Å². The maximum atomic E-state index is 11.3. The molecule has 4 heteroatoms. The molecule has 4 rings (SSSR count). The van der Waals surface area contributed by atoms with Crippen LogP contribution in [0.1, 0.15) is 47.6 Å². The van der Waals surface area contributed by atoms with Crippen molar-refractivity contribution in [3.63, 3.8) is 0 Å². The zero-order valence-corrected chi connectivity index (χ0v) is 17.5. The highest BCUT2D eigenvalue weighted by molar-refractivity contribution is 5.68. The van der Waals surface area contributed by atoms with E-state index in [-0.39, 0.29) is 5.97 Å². The molecule has 0 atom stereocenters. The number of hydrogen-bond acceptors (Lipinski definition) is 4. The van der Waals surface area contributed by atoms with E-state index in [0.717, 1.165) is 58.4 Å². The van der Waals surface area contributed by atoms with E-state index in [4.69, 9.17) is 4.74 Å². The Bertz CT molecular complexity index is 780. The molecule has 154 valence electrons. The molecule has 2 aliphatic rings. The normalized spacial score (nSPS) is 18.0. The van der Waals surface area contributed by atoms with Crippen LogP contribution in [-0.4, -0.2) is 55.6 Å². The lowest BCUT2D eigenvalue weighted by Crippen LogP contribution is -2.48. The molecule has 0 saturated carbocycles. The summed E-state index contributed by atoms with van der Waals surface area (Å²) in [6, 6.07) is 18.4. The van der Waals surface area contributed by atoms with Crippen molar-refractivity contribution in [1.29, 1.82) is 0 Å². The lowest BCUT2D eigenvalue weighted by molar-refractivity contribution is -0.140. The van der Waals surface area contributed by atoms with Crippen LogP contribution in [0.3, 0.4) is 0 Å². The van der Waals surface area contributed by atoms with Crippen LogP contribution in [0.15, 0.2) is 48.5 Å². The van der Waals surface area contributed by atoms with Crippen LogP contribution in [0.2, 0.25) is 0 Å². The molecule has 1 heterocycles. The molecule has 2 aromatic rings. The lowest BCUT2D eigenvalue weighted by atomic mass is 9.92. The number of carbonyl (C=O) groups excluding carboxylic acids is 1. The highest BCUT2D eigenvalue weighted by atomic mass is 16.5. The van der Waals surface area contributed by atoms with Crippen LogP contribution in [0.4, 0.5) is 0 Å². The molecule has 4 nitrogen and oxygen atoms in total. The second-order valence-corrected chi connectivity index (χ2v) is 8.21. The first-order valence-electron chi connectivity index (χ1n) is 10.9. The van der Waals surface area contributed by atoms with Crippen LogP contribution >= 0.6 is 0 Å². The van der Waals surface area contributed by atoms with Crippen LogP contribution in [0.5, 0.6) is 0 Å². The van der Waals surface area contributed by atoms with Gasteiger partial charge in [-0.1, -0.05) is 48.5 Å². The molecule has 0 bridgehead atoms. The van der Waals surface area contributed by atoms with Gasteiger partial charge in [0.05, 0.1) is 13.2 Å². The van der Waals surface area contributed by atoms with Gasteiger partial charge in [0.2, 0.25) is 0 Å². The smallest absolute Gasteiger partial charge is 0.305 e. The summed E-state index contributed by atoms with van der Waals surface area (Å²) in [6.07, 6.45) is 4.76. The van der Waals surface area contributed by atoms with Crippen molar-refractivity contribution in [3.05, 3.63) is 70.8 Å². The van der Waals surface area contributed by atoms with Gasteiger partial charge in [-0.15, -0.1) is 0 Å². The molecule has 0 amide bonds. The fourth-order valence-electron chi connectivity index (χ4n) is 4.84. The molecule has 1 saturated heterocycles. The van der Waals surface area contributed by atoms with Gasteiger partial charge in [-0.25, -0.2) is 0 Å². The molecule has 0 N–H and O–H groups in total. The number of rotatable bonds is 6. The van der Waals surface area contributed by atoms with Gasteiger partial charge in [0.25, 0.3) is 0 Å². The first-order chi connectivity index (χ1) is 14.3. The number of unbranched alkanes of at least 4 members (excludes halogenated alkanes) is 1. The largest absolute Gasteiger partial charge is 0.469 e. The highest BCUT2D eigenvalue weighted by Crippen LogP contribution is 2.37. The standard InChI is InChI=1S/C25H32N2O2/c1-29-24(28)12-6-7-15-26-16-18-27(19-17-26)25-22-10-4-2-8-20(22)13-14-21-9-3-5-11-23(21)25/h2-5,8-11,25H,6-7,12-19H2,1H3. The second-order valence-electron chi connectivity index (χ2n) is 8.21. The zero-order chi connectivity index (χ0) is 20.1. The average Bonchev–Trinajstić information content (AvgIpc) is 2.94. The van der Waals surface area contributed by atoms with Gasteiger partial charge in [-0.2, -0.15) is 0 Å². The Hall–Kier alpha value is -2.17. The molecular formula is C25H32N2O2. The van der Waals surface area contributed by atoms with Crippen LogP contribution in [-0.2, 0) is 22.4 Å². The maximum absolute atomic E-state index is 11.3.